The fourth-order valence-electron chi connectivity index (χ4n) is 1.50. The van der Waals surface area contributed by atoms with Crippen LogP contribution in [0.1, 0.15) is 18.9 Å². The highest BCUT2D eigenvalue weighted by molar-refractivity contribution is 5.80. The average Bonchev–Trinajstić information content (AvgIpc) is 2.19. The summed E-state index contributed by atoms with van der Waals surface area (Å²) in [4.78, 5) is 22.2. The van der Waals surface area contributed by atoms with Gasteiger partial charge in [-0.15, -0.1) is 0 Å². The van der Waals surface area contributed by atoms with Crippen LogP contribution in [-0.2, 0) is 16.0 Å². The third-order valence-electron chi connectivity index (χ3n) is 2.26. The molecule has 0 aliphatic carbocycles. The van der Waals surface area contributed by atoms with Crippen LogP contribution in [0.4, 0.5) is 5.69 Å². The summed E-state index contributed by atoms with van der Waals surface area (Å²) in [5, 5.41) is 2.70. The molecule has 17 heavy (non-hydrogen) atoms. The van der Waals surface area contributed by atoms with Gasteiger partial charge in [0.1, 0.15) is 0 Å². The summed E-state index contributed by atoms with van der Waals surface area (Å²) in [6.45, 7) is 1.74. The van der Waals surface area contributed by atoms with Gasteiger partial charge in [-0.2, -0.15) is 0 Å². The number of hydrogen-bond acceptors (Lipinski definition) is 3. The molecule has 5 N–H and O–H groups in total. The third-order valence-corrected chi connectivity index (χ3v) is 2.26. The topological polar surface area (TPSA) is 98.2 Å². The van der Waals surface area contributed by atoms with E-state index in [9.17, 15) is 9.59 Å². The van der Waals surface area contributed by atoms with Gasteiger partial charge in [0, 0.05) is 18.2 Å². The number of hydrogen-bond donors (Lipinski definition) is 3. The molecule has 5 heteroatoms. The second-order valence-electron chi connectivity index (χ2n) is 4.06. The van der Waals surface area contributed by atoms with Gasteiger partial charge in [0.05, 0.1) is 6.42 Å². The lowest BCUT2D eigenvalue weighted by Crippen LogP contribution is -2.36. The van der Waals surface area contributed by atoms with Gasteiger partial charge in [-0.1, -0.05) is 12.1 Å². The molecule has 0 radical (unpaired) electrons. The molecule has 2 amide bonds. The number of nitrogen functional groups attached to an aromatic ring is 1. The lowest BCUT2D eigenvalue weighted by Gasteiger charge is -2.11. The molecule has 0 spiro atoms. The number of nitrogens with two attached hydrogens (primary N) is 2. The Morgan fingerprint density at radius 3 is 2.41 bits per heavy atom. The number of amides is 2. The molecular weight excluding hydrogens is 218 g/mol. The Kier molecular flexibility index (Phi) is 4.51. The van der Waals surface area contributed by atoms with Gasteiger partial charge in [-0.25, -0.2) is 0 Å². The van der Waals surface area contributed by atoms with Gasteiger partial charge in [0.15, 0.2) is 0 Å². The van der Waals surface area contributed by atoms with E-state index in [-0.39, 0.29) is 24.8 Å². The Morgan fingerprint density at radius 2 is 1.88 bits per heavy atom. The van der Waals surface area contributed by atoms with Crippen molar-refractivity contribution in [2.75, 3.05) is 5.73 Å². The van der Waals surface area contributed by atoms with Crippen LogP contribution < -0.4 is 16.8 Å². The summed E-state index contributed by atoms with van der Waals surface area (Å²) in [5.74, 6) is -0.561. The zero-order chi connectivity index (χ0) is 12.8. The lowest BCUT2D eigenvalue weighted by molar-refractivity contribution is -0.121. The summed E-state index contributed by atoms with van der Waals surface area (Å²) in [6, 6.07) is 6.85. The van der Waals surface area contributed by atoms with Crippen molar-refractivity contribution in [2.45, 2.75) is 25.8 Å². The first-order valence-corrected chi connectivity index (χ1v) is 5.39. The molecule has 5 nitrogen and oxygen atoms in total. The third kappa shape index (κ3) is 5.01. The van der Waals surface area contributed by atoms with E-state index in [1.807, 2.05) is 0 Å². The highest BCUT2D eigenvalue weighted by Crippen LogP contribution is 2.06. The molecule has 0 saturated carbocycles. The van der Waals surface area contributed by atoms with Crippen LogP contribution in [0.5, 0.6) is 0 Å². The van der Waals surface area contributed by atoms with Gasteiger partial charge < -0.3 is 16.8 Å². The maximum absolute atomic E-state index is 11.6. The summed E-state index contributed by atoms with van der Waals surface area (Å²) in [7, 11) is 0. The van der Waals surface area contributed by atoms with E-state index in [1.165, 1.54) is 0 Å². The second-order valence-corrected chi connectivity index (χ2v) is 4.06. The smallest absolute Gasteiger partial charge is 0.224 e. The fourth-order valence-corrected chi connectivity index (χ4v) is 1.50. The van der Waals surface area contributed by atoms with E-state index in [2.05, 4.69) is 5.32 Å². The predicted octanol–water partition coefficient (Wildman–Crippen LogP) is 0.191. The normalized spacial score (nSPS) is 11.8. The molecule has 1 aromatic carbocycles. The second kappa shape index (κ2) is 5.89. The monoisotopic (exact) mass is 235 g/mol. The Morgan fingerprint density at radius 1 is 1.29 bits per heavy atom. The van der Waals surface area contributed by atoms with Crippen LogP contribution in [0, 0.1) is 0 Å². The number of carbonyl (C=O) groups is 2. The van der Waals surface area contributed by atoms with Gasteiger partial charge >= 0.3 is 0 Å². The van der Waals surface area contributed by atoms with E-state index >= 15 is 0 Å². The highest BCUT2D eigenvalue weighted by Gasteiger charge is 2.10. The fraction of sp³-hybridized carbons (Fsp3) is 0.333. The molecule has 92 valence electrons. The Labute approximate surface area is 100 Å². The minimum atomic E-state index is -0.426. The van der Waals surface area contributed by atoms with Crippen molar-refractivity contribution in [3.63, 3.8) is 0 Å². The van der Waals surface area contributed by atoms with Crippen molar-refractivity contribution in [3.8, 4) is 0 Å². The molecule has 0 aromatic heterocycles. The SMILES string of the molecule is CC(CC(N)=O)NC(=O)Cc1ccc(N)cc1. The molecule has 0 aliphatic rings. The standard InChI is InChI=1S/C12H17N3O2/c1-8(6-11(14)16)15-12(17)7-9-2-4-10(13)5-3-9/h2-5,8H,6-7,13H2,1H3,(H2,14,16)(H,15,17). The van der Waals surface area contributed by atoms with Crippen molar-refractivity contribution in [3.05, 3.63) is 29.8 Å². The maximum Gasteiger partial charge on any atom is 0.224 e. The average molecular weight is 235 g/mol. The number of benzene rings is 1. The molecule has 1 atom stereocenters. The number of carbonyl (C=O) groups excluding carboxylic acids is 2. The highest BCUT2D eigenvalue weighted by atomic mass is 16.2. The van der Waals surface area contributed by atoms with Crippen LogP contribution in [0.3, 0.4) is 0 Å². The summed E-state index contributed by atoms with van der Waals surface area (Å²) < 4.78 is 0. The summed E-state index contributed by atoms with van der Waals surface area (Å²) in [6.07, 6.45) is 0.414. The van der Waals surface area contributed by atoms with Crippen LogP contribution >= 0.6 is 0 Å². The van der Waals surface area contributed by atoms with Gasteiger partial charge in [0.2, 0.25) is 11.8 Å². The molecule has 1 unspecified atom stereocenters. The largest absolute Gasteiger partial charge is 0.399 e. The zero-order valence-electron chi connectivity index (χ0n) is 9.77. The minimum absolute atomic E-state index is 0.136. The lowest BCUT2D eigenvalue weighted by atomic mass is 10.1. The molecular formula is C12H17N3O2. The number of nitrogens with one attached hydrogen (secondary N) is 1. The van der Waals surface area contributed by atoms with Crippen molar-refractivity contribution < 1.29 is 9.59 Å². The number of primary amides is 1. The van der Waals surface area contributed by atoms with Gasteiger partial charge in [-0.3, -0.25) is 9.59 Å². The minimum Gasteiger partial charge on any atom is -0.399 e. The first kappa shape index (κ1) is 13.0. The van der Waals surface area contributed by atoms with Crippen molar-refractivity contribution in [2.24, 2.45) is 5.73 Å². The molecule has 0 saturated heterocycles. The van der Waals surface area contributed by atoms with Crippen LogP contribution in [0.15, 0.2) is 24.3 Å². The van der Waals surface area contributed by atoms with E-state index in [0.717, 1.165) is 5.56 Å². The van der Waals surface area contributed by atoms with Gasteiger partial charge in [-0.05, 0) is 24.6 Å². The van der Waals surface area contributed by atoms with Crippen LogP contribution in [0.2, 0.25) is 0 Å². The van der Waals surface area contributed by atoms with E-state index in [1.54, 1.807) is 31.2 Å². The summed E-state index contributed by atoms with van der Waals surface area (Å²) >= 11 is 0. The van der Waals surface area contributed by atoms with Gasteiger partial charge in [0.25, 0.3) is 0 Å². The Bertz CT molecular complexity index is 401. The van der Waals surface area contributed by atoms with Crippen molar-refractivity contribution >= 4 is 17.5 Å². The van der Waals surface area contributed by atoms with Crippen molar-refractivity contribution in [1.29, 1.82) is 0 Å². The molecule has 1 rings (SSSR count). The van der Waals surface area contributed by atoms with E-state index < -0.39 is 5.91 Å². The van der Waals surface area contributed by atoms with E-state index in [4.69, 9.17) is 11.5 Å². The molecule has 1 aromatic rings. The van der Waals surface area contributed by atoms with Crippen LogP contribution in [-0.4, -0.2) is 17.9 Å². The number of rotatable bonds is 5. The number of anilines is 1. The molecule has 0 fully saturated rings. The summed E-state index contributed by atoms with van der Waals surface area (Å²) in [5.41, 5.74) is 12.1. The van der Waals surface area contributed by atoms with E-state index in [0.29, 0.717) is 5.69 Å². The Balaban J connectivity index is 2.44. The first-order chi connectivity index (χ1) is 7.97. The Hall–Kier alpha value is -2.04. The molecule has 0 bridgehead atoms. The van der Waals surface area contributed by atoms with Crippen LogP contribution in [0.25, 0.3) is 0 Å². The predicted molar refractivity (Wildman–Crippen MR) is 66.0 cm³/mol. The first-order valence-electron chi connectivity index (χ1n) is 5.39. The molecule has 0 heterocycles. The molecule has 0 aliphatic heterocycles. The maximum atomic E-state index is 11.6. The zero-order valence-corrected chi connectivity index (χ0v) is 9.77. The quantitative estimate of drug-likeness (QED) is 0.635. The van der Waals surface area contributed by atoms with Crippen molar-refractivity contribution in [1.82, 2.24) is 5.32 Å².